The first kappa shape index (κ1) is 20.5. The molecule has 2 aromatic rings. The van der Waals surface area contributed by atoms with Gasteiger partial charge in [0.2, 0.25) is 0 Å². The molecule has 0 bridgehead atoms. The summed E-state index contributed by atoms with van der Waals surface area (Å²) in [5.74, 6) is 6.58. The van der Waals surface area contributed by atoms with Crippen LogP contribution in [-0.4, -0.2) is 43.6 Å². The van der Waals surface area contributed by atoms with Gasteiger partial charge in [-0.15, -0.1) is 0 Å². The highest BCUT2D eigenvalue weighted by Gasteiger charge is 2.56. The summed E-state index contributed by atoms with van der Waals surface area (Å²) in [7, 11) is 0. The standard InChI is InChI=1S/C24H31N5O3/c1-23(2)31-18-16(10-9-15-7-3-4-8-15)30-22(19(18)32-23)29-14-28-17-20(26-13-27-21(17)29)24(25)11-5-6-12-24/h13-16,18-19,22H,3-8,11-12,25H2,1-2H3/t16-,18-,19-,22-/m1/s1. The van der Waals surface area contributed by atoms with Crippen molar-refractivity contribution in [3.8, 4) is 11.8 Å². The van der Waals surface area contributed by atoms with Crippen LogP contribution in [-0.2, 0) is 19.7 Å². The van der Waals surface area contributed by atoms with E-state index in [2.05, 4.69) is 26.8 Å². The van der Waals surface area contributed by atoms with Gasteiger partial charge >= 0.3 is 0 Å². The van der Waals surface area contributed by atoms with Crippen molar-refractivity contribution in [2.24, 2.45) is 11.7 Å². The lowest BCUT2D eigenvalue weighted by atomic mass is 9.94. The van der Waals surface area contributed by atoms with Crippen LogP contribution in [0.5, 0.6) is 0 Å². The molecule has 4 atom stereocenters. The normalized spacial score (nSPS) is 33.5. The molecule has 4 fully saturated rings. The number of fused-ring (bicyclic) bond motifs is 2. The topological polar surface area (TPSA) is 97.3 Å². The molecule has 2 aliphatic carbocycles. The average molecular weight is 438 g/mol. The van der Waals surface area contributed by atoms with E-state index in [1.54, 1.807) is 12.7 Å². The van der Waals surface area contributed by atoms with E-state index in [1.165, 1.54) is 25.7 Å². The van der Waals surface area contributed by atoms with E-state index >= 15 is 0 Å². The van der Waals surface area contributed by atoms with E-state index in [9.17, 15) is 0 Å². The van der Waals surface area contributed by atoms with E-state index in [4.69, 9.17) is 19.9 Å². The van der Waals surface area contributed by atoms with Gasteiger partial charge in [0.15, 0.2) is 17.7 Å². The third kappa shape index (κ3) is 3.34. The smallest absolute Gasteiger partial charge is 0.167 e. The van der Waals surface area contributed by atoms with Crippen LogP contribution in [0.15, 0.2) is 12.7 Å². The quantitative estimate of drug-likeness (QED) is 0.721. The summed E-state index contributed by atoms with van der Waals surface area (Å²) in [4.78, 5) is 13.8. The Labute approximate surface area is 188 Å². The molecule has 32 heavy (non-hydrogen) atoms. The molecular weight excluding hydrogens is 406 g/mol. The fourth-order valence-corrected chi connectivity index (χ4v) is 5.83. The third-order valence-electron chi connectivity index (χ3n) is 7.41. The van der Waals surface area contributed by atoms with E-state index in [1.807, 2.05) is 18.4 Å². The van der Waals surface area contributed by atoms with Gasteiger partial charge in [-0.05, 0) is 39.5 Å². The van der Waals surface area contributed by atoms with Crippen molar-refractivity contribution in [2.75, 3.05) is 0 Å². The van der Waals surface area contributed by atoms with Gasteiger partial charge in [0, 0.05) is 5.92 Å². The number of nitrogens with two attached hydrogens (primary N) is 1. The molecule has 170 valence electrons. The van der Waals surface area contributed by atoms with Gasteiger partial charge in [-0.25, -0.2) is 15.0 Å². The zero-order valence-electron chi connectivity index (χ0n) is 18.8. The van der Waals surface area contributed by atoms with E-state index in [0.717, 1.165) is 36.9 Å². The Morgan fingerprint density at radius 1 is 1.00 bits per heavy atom. The molecule has 6 rings (SSSR count). The van der Waals surface area contributed by atoms with E-state index in [-0.39, 0.29) is 18.3 Å². The number of ether oxygens (including phenoxy) is 3. The first-order valence-corrected chi connectivity index (χ1v) is 11.9. The minimum Gasteiger partial charge on any atom is -0.341 e. The molecule has 2 saturated carbocycles. The molecule has 8 nitrogen and oxygen atoms in total. The number of hydrogen-bond acceptors (Lipinski definition) is 7. The third-order valence-corrected chi connectivity index (χ3v) is 7.41. The fraction of sp³-hybridized carbons (Fsp3) is 0.708. The zero-order valence-corrected chi connectivity index (χ0v) is 18.8. The van der Waals surface area contributed by atoms with Gasteiger partial charge < -0.3 is 19.9 Å². The SMILES string of the molecule is CC1(C)O[C@@H]2[C@H](O1)[C@@H](C#CC1CCCC1)O[C@H]2n1cnc2c(C3(N)CCCC3)ncnc21. The maximum absolute atomic E-state index is 6.72. The van der Waals surface area contributed by atoms with Crippen LogP contribution >= 0.6 is 0 Å². The second-order valence-corrected chi connectivity index (χ2v) is 10.2. The first-order valence-electron chi connectivity index (χ1n) is 11.9. The Kier molecular flexibility index (Phi) is 4.81. The number of aromatic nitrogens is 4. The predicted molar refractivity (Wildman–Crippen MR) is 117 cm³/mol. The van der Waals surface area contributed by atoms with Gasteiger partial charge in [0.1, 0.15) is 30.2 Å². The highest BCUT2D eigenvalue weighted by atomic mass is 16.8. The Bertz CT molecular complexity index is 1070. The van der Waals surface area contributed by atoms with Gasteiger partial charge in [0.05, 0.1) is 17.6 Å². The lowest BCUT2D eigenvalue weighted by Gasteiger charge is -2.24. The Balaban J connectivity index is 1.36. The second kappa shape index (κ2) is 7.49. The highest BCUT2D eigenvalue weighted by Crippen LogP contribution is 2.44. The van der Waals surface area contributed by atoms with E-state index < -0.39 is 17.6 Å². The number of nitrogens with zero attached hydrogens (tertiary/aromatic N) is 4. The van der Waals surface area contributed by atoms with Gasteiger partial charge in [0.25, 0.3) is 0 Å². The maximum atomic E-state index is 6.72. The minimum atomic E-state index is -0.688. The van der Waals surface area contributed by atoms with Crippen molar-refractivity contribution in [3.63, 3.8) is 0 Å². The minimum absolute atomic E-state index is 0.252. The summed E-state index contributed by atoms with van der Waals surface area (Å²) in [6.07, 6.45) is 11.0. The summed E-state index contributed by atoms with van der Waals surface area (Å²) in [5.41, 5.74) is 8.57. The highest BCUT2D eigenvalue weighted by molar-refractivity contribution is 5.74. The molecule has 0 spiro atoms. The number of imidazole rings is 1. The van der Waals surface area contributed by atoms with Crippen molar-refractivity contribution in [1.29, 1.82) is 0 Å². The molecule has 2 aliphatic heterocycles. The van der Waals surface area contributed by atoms with Crippen molar-refractivity contribution in [1.82, 2.24) is 19.5 Å². The zero-order chi connectivity index (χ0) is 21.9. The summed E-state index contributed by atoms with van der Waals surface area (Å²) in [6, 6.07) is 0. The van der Waals surface area contributed by atoms with Gasteiger partial charge in [-0.2, -0.15) is 0 Å². The molecule has 0 aromatic carbocycles. The molecule has 0 radical (unpaired) electrons. The van der Waals surface area contributed by atoms with Crippen molar-refractivity contribution < 1.29 is 14.2 Å². The number of rotatable bonds is 2. The molecular formula is C24H31N5O3. The molecule has 4 heterocycles. The summed E-state index contributed by atoms with van der Waals surface area (Å²) < 4.78 is 20.9. The van der Waals surface area contributed by atoms with E-state index in [0.29, 0.717) is 11.6 Å². The second-order valence-electron chi connectivity index (χ2n) is 10.2. The van der Waals surface area contributed by atoms with Crippen LogP contribution in [0.25, 0.3) is 11.2 Å². The van der Waals surface area contributed by atoms with Crippen LogP contribution in [0.2, 0.25) is 0 Å². The predicted octanol–water partition coefficient (Wildman–Crippen LogP) is 3.17. The molecule has 0 amide bonds. The van der Waals surface area contributed by atoms with Gasteiger partial charge in [-0.3, -0.25) is 4.57 Å². The van der Waals surface area contributed by atoms with Crippen LogP contribution in [0.3, 0.4) is 0 Å². The number of hydrogen-bond donors (Lipinski definition) is 1. The molecule has 2 aromatic heterocycles. The van der Waals surface area contributed by atoms with Crippen LogP contribution in [0.1, 0.15) is 77.1 Å². The van der Waals surface area contributed by atoms with Crippen molar-refractivity contribution in [2.45, 2.75) is 101 Å². The lowest BCUT2D eigenvalue weighted by Crippen LogP contribution is -2.34. The van der Waals surface area contributed by atoms with Crippen LogP contribution < -0.4 is 5.73 Å². The van der Waals surface area contributed by atoms with Crippen LogP contribution in [0.4, 0.5) is 0 Å². The fourth-order valence-electron chi connectivity index (χ4n) is 5.83. The lowest BCUT2D eigenvalue weighted by molar-refractivity contribution is -0.190. The summed E-state index contributed by atoms with van der Waals surface area (Å²) >= 11 is 0. The van der Waals surface area contributed by atoms with Crippen molar-refractivity contribution >= 4 is 11.2 Å². The monoisotopic (exact) mass is 437 g/mol. The molecule has 2 N–H and O–H groups in total. The summed E-state index contributed by atoms with van der Waals surface area (Å²) in [6.45, 7) is 3.88. The Morgan fingerprint density at radius 2 is 1.75 bits per heavy atom. The largest absolute Gasteiger partial charge is 0.341 e. The Hall–Kier alpha value is -2.05. The summed E-state index contributed by atoms with van der Waals surface area (Å²) in [5, 5.41) is 0. The van der Waals surface area contributed by atoms with Gasteiger partial charge in [-0.1, -0.05) is 37.5 Å². The average Bonchev–Trinajstić information content (AvgIpc) is 3.56. The van der Waals surface area contributed by atoms with Crippen molar-refractivity contribution in [3.05, 3.63) is 18.3 Å². The first-order chi connectivity index (χ1) is 15.4. The molecule has 4 aliphatic rings. The molecule has 0 unspecified atom stereocenters. The molecule has 8 heteroatoms. The van der Waals surface area contributed by atoms with Crippen LogP contribution in [0, 0.1) is 17.8 Å². The maximum Gasteiger partial charge on any atom is 0.167 e. The molecule has 2 saturated heterocycles. The Morgan fingerprint density at radius 3 is 2.53 bits per heavy atom.